The number of benzene rings is 2. The van der Waals surface area contributed by atoms with E-state index in [-0.39, 0.29) is 0 Å². The molecule has 4 rings (SSSR count). The number of rotatable bonds is 8. The van der Waals surface area contributed by atoms with Crippen molar-refractivity contribution < 1.29 is 18.2 Å². The van der Waals surface area contributed by atoms with Crippen LogP contribution in [0.3, 0.4) is 0 Å². The van der Waals surface area contributed by atoms with E-state index in [9.17, 15) is 8.76 Å². The second kappa shape index (κ2) is 10.2. The predicted molar refractivity (Wildman–Crippen MR) is 125 cm³/mol. The molecule has 1 aromatic heterocycles. The molecule has 1 aliphatic heterocycles. The van der Waals surface area contributed by atoms with Crippen LogP contribution in [-0.4, -0.2) is 52.6 Å². The topological polar surface area (TPSA) is 99.6 Å². The van der Waals surface area contributed by atoms with E-state index in [1.165, 1.54) is 0 Å². The van der Waals surface area contributed by atoms with E-state index in [1.54, 1.807) is 14.2 Å². The maximum absolute atomic E-state index is 10.7. The van der Waals surface area contributed by atoms with Crippen molar-refractivity contribution in [2.75, 3.05) is 38.8 Å². The summed E-state index contributed by atoms with van der Waals surface area (Å²) >= 11 is -2.20. The average Bonchev–Trinajstić information content (AvgIpc) is 2.83. The molecule has 0 bridgehead atoms. The van der Waals surface area contributed by atoms with Crippen LogP contribution >= 0.6 is 0 Å². The van der Waals surface area contributed by atoms with Crippen molar-refractivity contribution >= 4 is 28.0 Å². The minimum Gasteiger partial charge on any atom is -0.760 e. The van der Waals surface area contributed by atoms with Crippen LogP contribution in [0.5, 0.6) is 11.5 Å². The quantitative estimate of drug-likeness (QED) is 0.520. The third-order valence-corrected chi connectivity index (χ3v) is 6.34. The molecule has 8 nitrogen and oxygen atoms in total. The van der Waals surface area contributed by atoms with Gasteiger partial charge in [0, 0.05) is 47.9 Å². The summed E-state index contributed by atoms with van der Waals surface area (Å²) in [5.74, 6) is 3.31. The Hall–Kier alpha value is -2.75. The van der Waals surface area contributed by atoms with E-state index in [0.29, 0.717) is 29.8 Å². The van der Waals surface area contributed by atoms with Crippen LogP contribution in [0.15, 0.2) is 42.5 Å². The smallest absolute Gasteiger partial charge is 0.162 e. The lowest BCUT2D eigenvalue weighted by atomic mass is 9.93. The Balaban J connectivity index is 1.67. The Morgan fingerprint density at radius 1 is 1.09 bits per heavy atom. The Morgan fingerprint density at radius 3 is 2.44 bits per heavy atom. The summed E-state index contributed by atoms with van der Waals surface area (Å²) in [5.41, 5.74) is 1.76. The van der Waals surface area contributed by atoms with Crippen LogP contribution in [-0.2, 0) is 11.3 Å². The van der Waals surface area contributed by atoms with Crippen molar-refractivity contribution in [3.05, 3.63) is 42.5 Å². The monoisotopic (exact) mass is 455 g/mol. The summed E-state index contributed by atoms with van der Waals surface area (Å²) in [4.78, 5) is 12.1. The molecule has 0 radical (unpaired) electrons. The molecule has 3 aromatic rings. The number of anilines is 1. The molecular formula is C23H27N4O4S-. The molecule has 2 heterocycles. The third kappa shape index (κ3) is 5.01. The molecule has 0 saturated carbocycles. The largest absolute Gasteiger partial charge is 0.760 e. The summed E-state index contributed by atoms with van der Waals surface area (Å²) in [5, 5.41) is 0.921. The van der Waals surface area contributed by atoms with Gasteiger partial charge in [0.15, 0.2) is 17.3 Å². The van der Waals surface area contributed by atoms with Gasteiger partial charge in [-0.2, -0.15) is 0 Å². The highest BCUT2D eigenvalue weighted by Crippen LogP contribution is 2.37. The van der Waals surface area contributed by atoms with Crippen molar-refractivity contribution in [3.63, 3.8) is 0 Å². The maximum Gasteiger partial charge on any atom is 0.162 e. The summed E-state index contributed by atoms with van der Waals surface area (Å²) in [6, 6.07) is 13.8. The highest BCUT2D eigenvalue weighted by molar-refractivity contribution is 7.77. The SMILES string of the molecule is COc1cc2nc(-c3ccccc3)nc(N3CCC(CCNS(=O)[O-])CC3)c2cc1OC. The van der Waals surface area contributed by atoms with Gasteiger partial charge in [0.05, 0.1) is 19.7 Å². The van der Waals surface area contributed by atoms with Crippen molar-refractivity contribution in [2.24, 2.45) is 5.92 Å². The predicted octanol–water partition coefficient (Wildman–Crippen LogP) is 3.30. The molecule has 0 spiro atoms. The summed E-state index contributed by atoms with van der Waals surface area (Å²) in [7, 11) is 3.24. The lowest BCUT2D eigenvalue weighted by Crippen LogP contribution is -2.35. The lowest BCUT2D eigenvalue weighted by Gasteiger charge is -2.33. The van der Waals surface area contributed by atoms with Gasteiger partial charge in [-0.3, -0.25) is 4.21 Å². The first-order valence-corrected chi connectivity index (χ1v) is 11.7. The average molecular weight is 456 g/mol. The van der Waals surface area contributed by atoms with Gasteiger partial charge >= 0.3 is 0 Å². The Labute approximate surface area is 190 Å². The fourth-order valence-corrected chi connectivity index (χ4v) is 4.46. The number of methoxy groups -OCH3 is 2. The highest BCUT2D eigenvalue weighted by atomic mass is 32.2. The lowest BCUT2D eigenvalue weighted by molar-refractivity contribution is 0.355. The Bertz CT molecular complexity index is 1090. The van der Waals surface area contributed by atoms with Crippen LogP contribution in [0.2, 0.25) is 0 Å². The van der Waals surface area contributed by atoms with Crippen molar-refractivity contribution in [2.45, 2.75) is 19.3 Å². The molecule has 9 heteroatoms. The molecule has 32 heavy (non-hydrogen) atoms. The zero-order valence-corrected chi connectivity index (χ0v) is 19.1. The van der Waals surface area contributed by atoms with E-state index < -0.39 is 11.3 Å². The maximum atomic E-state index is 10.7. The number of hydrogen-bond donors (Lipinski definition) is 1. The fraction of sp³-hybridized carbons (Fsp3) is 0.391. The Kier molecular flexibility index (Phi) is 7.19. The first-order valence-electron chi connectivity index (χ1n) is 10.7. The summed E-state index contributed by atoms with van der Waals surface area (Å²) < 4.78 is 34.9. The molecule has 2 aromatic carbocycles. The van der Waals surface area contributed by atoms with Crippen molar-refractivity contribution in [1.29, 1.82) is 0 Å². The molecule has 1 unspecified atom stereocenters. The van der Waals surface area contributed by atoms with E-state index in [4.69, 9.17) is 19.4 Å². The molecular weight excluding hydrogens is 428 g/mol. The van der Waals surface area contributed by atoms with Crippen LogP contribution < -0.4 is 19.1 Å². The van der Waals surface area contributed by atoms with Crippen LogP contribution in [0.4, 0.5) is 5.82 Å². The van der Waals surface area contributed by atoms with E-state index in [0.717, 1.165) is 54.6 Å². The van der Waals surface area contributed by atoms with Crippen LogP contribution in [0.1, 0.15) is 19.3 Å². The highest BCUT2D eigenvalue weighted by Gasteiger charge is 2.23. The number of fused-ring (bicyclic) bond motifs is 1. The zero-order chi connectivity index (χ0) is 22.5. The first kappa shape index (κ1) is 22.4. The van der Waals surface area contributed by atoms with Gasteiger partial charge in [-0.25, -0.2) is 14.7 Å². The molecule has 1 aliphatic rings. The molecule has 170 valence electrons. The number of nitrogens with one attached hydrogen (secondary N) is 1. The van der Waals surface area contributed by atoms with Gasteiger partial charge < -0.3 is 18.9 Å². The van der Waals surface area contributed by atoms with E-state index in [2.05, 4.69) is 9.62 Å². The van der Waals surface area contributed by atoms with Crippen LogP contribution in [0.25, 0.3) is 22.3 Å². The molecule has 0 amide bonds. The van der Waals surface area contributed by atoms with E-state index in [1.807, 2.05) is 42.5 Å². The Morgan fingerprint density at radius 2 is 1.78 bits per heavy atom. The standard InChI is InChI=1S/C23H28N4O4S/c1-30-20-14-18-19(15-21(20)31-2)25-22(17-6-4-3-5-7-17)26-23(18)27-12-9-16(10-13-27)8-11-24-32(28)29/h3-7,14-16,24H,8-13H2,1-2H3,(H,28,29)/p-1. The number of piperidine rings is 1. The van der Waals surface area contributed by atoms with Gasteiger partial charge in [-0.15, -0.1) is 0 Å². The normalized spacial score (nSPS) is 15.7. The minimum absolute atomic E-state index is 0.479. The number of aromatic nitrogens is 2. The second-order valence-corrected chi connectivity index (χ2v) is 8.57. The molecule has 1 fully saturated rings. The molecule has 1 saturated heterocycles. The van der Waals surface area contributed by atoms with Crippen molar-refractivity contribution in [1.82, 2.24) is 14.7 Å². The van der Waals surface area contributed by atoms with Gasteiger partial charge in [0.2, 0.25) is 0 Å². The van der Waals surface area contributed by atoms with Gasteiger partial charge in [0.1, 0.15) is 5.82 Å². The number of ether oxygens (including phenoxy) is 2. The van der Waals surface area contributed by atoms with Crippen molar-refractivity contribution in [3.8, 4) is 22.9 Å². The fourth-order valence-electron chi connectivity index (χ4n) is 4.18. The van der Waals surface area contributed by atoms with Crippen LogP contribution in [0, 0.1) is 5.92 Å². The second-order valence-electron chi connectivity index (χ2n) is 7.81. The molecule has 0 aliphatic carbocycles. The number of nitrogens with zero attached hydrogens (tertiary/aromatic N) is 3. The first-order chi connectivity index (χ1) is 15.6. The summed E-state index contributed by atoms with van der Waals surface area (Å²) in [6.07, 6.45) is 2.80. The molecule has 1 N–H and O–H groups in total. The zero-order valence-electron chi connectivity index (χ0n) is 18.2. The third-order valence-electron chi connectivity index (χ3n) is 5.90. The minimum atomic E-state index is -2.20. The molecule has 1 atom stereocenters. The summed E-state index contributed by atoms with van der Waals surface area (Å²) in [6.45, 7) is 2.17. The van der Waals surface area contributed by atoms with Gasteiger partial charge in [0.25, 0.3) is 0 Å². The number of hydrogen-bond acceptors (Lipinski definition) is 7. The van der Waals surface area contributed by atoms with Gasteiger partial charge in [-0.1, -0.05) is 30.3 Å². The van der Waals surface area contributed by atoms with E-state index >= 15 is 0 Å². The van der Waals surface area contributed by atoms with Gasteiger partial charge in [-0.05, 0) is 31.2 Å².